The fourth-order valence-electron chi connectivity index (χ4n) is 8.51. The van der Waals surface area contributed by atoms with Crippen LogP contribution >= 0.6 is 41.6 Å². The van der Waals surface area contributed by atoms with Gasteiger partial charge in [-0.15, -0.1) is 0 Å². The third-order valence-electron chi connectivity index (χ3n) is 12.1. The Balaban J connectivity index is 0.951. The molecule has 0 spiro atoms. The van der Waals surface area contributed by atoms with Crippen molar-refractivity contribution in [2.45, 2.75) is 73.9 Å². The van der Waals surface area contributed by atoms with Gasteiger partial charge in [-0.2, -0.15) is 8.62 Å². The number of H-pyrrole nitrogens is 2. The summed E-state index contributed by atoms with van der Waals surface area (Å²) in [5, 5.41) is 32.8. The molecule has 42 heteroatoms. The van der Waals surface area contributed by atoms with E-state index in [9.17, 15) is 72.3 Å². The van der Waals surface area contributed by atoms with Crippen LogP contribution in [0.25, 0.3) is 22.3 Å². The van der Waals surface area contributed by atoms with Crippen molar-refractivity contribution < 1.29 is 104 Å². The van der Waals surface area contributed by atoms with Crippen LogP contribution in [0.2, 0.25) is 0 Å². The Bertz CT molecular complexity index is 3420. The number of methoxy groups -OCH3 is 1. The van der Waals surface area contributed by atoms with E-state index < -0.39 is 152 Å². The van der Waals surface area contributed by atoms with E-state index in [0.29, 0.717) is 0 Å². The number of carbonyl (C=O) groups is 1. The Kier molecular flexibility index (Phi) is 17.0. The molecule has 16 atom stereocenters. The van der Waals surface area contributed by atoms with Crippen LogP contribution < -0.4 is 32.8 Å². The largest absolute Gasteiger partial charge is 0.488 e. The fourth-order valence-corrected chi connectivity index (χ4v) is 15.5. The molecule has 0 aliphatic carbocycles. The molecule has 5 aromatic rings. The summed E-state index contributed by atoms with van der Waals surface area (Å²) in [6.45, 7) is -7.72. The second-order valence-electron chi connectivity index (χ2n) is 17.4. The number of carbonyl (C=O) groups excluding carboxylic acids is 1. The van der Waals surface area contributed by atoms with E-state index >= 15 is 0 Å². The number of aryl methyl sites for hydroxylation is 1. The normalized spacial score (nSPS) is 29.8. The van der Waals surface area contributed by atoms with Crippen LogP contribution in [0.15, 0.2) is 45.6 Å². The maximum atomic E-state index is 13.6. The van der Waals surface area contributed by atoms with Crippen LogP contribution in [0.4, 0.5) is 11.8 Å². The minimum atomic E-state index is -6.13. The molecule has 4 unspecified atom stereocenters. The van der Waals surface area contributed by atoms with Gasteiger partial charge >= 0.3 is 41.6 Å². The quantitative estimate of drug-likeness (QED) is 0.0252. The first kappa shape index (κ1) is 58.4. The van der Waals surface area contributed by atoms with E-state index in [1.807, 2.05) is 4.98 Å². The van der Waals surface area contributed by atoms with Gasteiger partial charge in [-0.1, -0.05) is 4.98 Å². The second-order valence-corrected chi connectivity index (χ2v) is 25.9. The summed E-state index contributed by atoms with van der Waals surface area (Å²) in [5.74, 6) is -2.67. The average Bonchev–Trinajstić information content (AvgIpc) is 4.13. The number of nitrogens with two attached hydrogens (primary N) is 2. The molecule has 8 heterocycles. The molecule has 424 valence electrons. The van der Waals surface area contributed by atoms with Gasteiger partial charge < -0.3 is 70.2 Å². The minimum Gasteiger partial charge on any atom is -0.387 e. The topological polar surface area (TPSA) is 518 Å². The number of hydrogen-bond donors (Lipinski definition) is 11. The highest BCUT2D eigenvalue weighted by atomic mass is 32.7. The van der Waals surface area contributed by atoms with Gasteiger partial charge in [0.15, 0.2) is 30.2 Å². The number of nitrogens with zero attached hydrogens (tertiary/aromatic N) is 9. The molecule has 5 aromatic heterocycles. The van der Waals surface area contributed by atoms with Crippen LogP contribution in [-0.4, -0.2) is 178 Å². The number of fused-ring (bicyclic) bond motifs is 2. The van der Waals surface area contributed by atoms with Gasteiger partial charge in [0.2, 0.25) is 17.7 Å². The molecule has 77 heavy (non-hydrogen) atoms. The van der Waals surface area contributed by atoms with E-state index in [0.717, 1.165) is 36.6 Å². The number of nitrogen functional groups attached to an aromatic ring is 2. The lowest BCUT2D eigenvalue weighted by Crippen LogP contribution is -2.45. The molecule has 3 saturated heterocycles. The highest BCUT2D eigenvalue weighted by Gasteiger charge is 2.54. The smallest absolute Gasteiger partial charge is 0.387 e. The zero-order valence-electron chi connectivity index (χ0n) is 40.1. The van der Waals surface area contributed by atoms with Crippen molar-refractivity contribution in [3.05, 3.63) is 62.4 Å². The van der Waals surface area contributed by atoms with Crippen molar-refractivity contribution in [1.82, 2.24) is 48.5 Å². The lowest BCUT2D eigenvalue weighted by atomic mass is 9.94. The third kappa shape index (κ3) is 12.7. The maximum Gasteiger partial charge on any atom is 0.488 e. The Morgan fingerprint density at radius 2 is 1.55 bits per heavy atom. The van der Waals surface area contributed by atoms with Crippen LogP contribution in [0.1, 0.15) is 25.1 Å². The summed E-state index contributed by atoms with van der Waals surface area (Å²) in [4.78, 5) is 114. The number of nitrogens with one attached hydrogen (secondary N) is 2. The SMILES string of the molecule is CO[C@@H]1[C@H](OP(=O)(O)OC[C@H]2O[C@@H](n3ccc(=O)[nH]c3=O)[C@H](O)[C@@H]2O)[C@@H](COP(=O)(O)OP(=O)(O)OP(=O)(O)SC[C@H]2O[C@@H]([n+]3cn(C)c4c(=O)[nH]c(N)nc43)[C@H](O)[C@@H]2CC(=O)N(C)C)O[C@H]1n1cnc2c(N)ncnc21. The molecule has 3 fully saturated rings. The monoisotopic (exact) mass is 1190 g/mol. The predicted octanol–water partition coefficient (Wildman–Crippen LogP) is -3.43. The first-order valence-electron chi connectivity index (χ1n) is 22.1. The van der Waals surface area contributed by atoms with E-state index in [-0.39, 0.29) is 45.5 Å². The molecule has 3 aliphatic heterocycles. The van der Waals surface area contributed by atoms with Gasteiger partial charge in [0.05, 0.1) is 32.7 Å². The number of aromatic nitrogens is 10. The number of imidazole rings is 2. The van der Waals surface area contributed by atoms with Crippen molar-refractivity contribution in [3.8, 4) is 0 Å². The Morgan fingerprint density at radius 3 is 2.23 bits per heavy atom. The van der Waals surface area contributed by atoms with Gasteiger partial charge in [0, 0.05) is 51.6 Å². The zero-order chi connectivity index (χ0) is 56.3. The van der Waals surface area contributed by atoms with Gasteiger partial charge in [0.25, 0.3) is 17.1 Å². The number of amides is 1. The predicted molar refractivity (Wildman–Crippen MR) is 255 cm³/mol. The number of anilines is 2. The lowest BCUT2D eigenvalue weighted by molar-refractivity contribution is -0.745. The summed E-state index contributed by atoms with van der Waals surface area (Å²) < 4.78 is 105. The fraction of sp³-hybridized carbons (Fsp3) is 0.571. The number of hydrogen-bond acceptors (Lipinski definition) is 27. The Morgan fingerprint density at radius 1 is 0.857 bits per heavy atom. The maximum absolute atomic E-state index is 13.6. The number of aliphatic hydroxyl groups is 3. The Labute approximate surface area is 433 Å². The molecule has 3 aliphatic rings. The molecule has 1 amide bonds. The van der Waals surface area contributed by atoms with Crippen LogP contribution in [0.5, 0.6) is 0 Å². The van der Waals surface area contributed by atoms with Crippen molar-refractivity contribution >= 4 is 81.6 Å². The molecule has 13 N–H and O–H groups in total. The number of aromatic amines is 2. The molecule has 37 nitrogen and oxygen atoms in total. The highest BCUT2D eigenvalue weighted by Crippen LogP contribution is 2.72. The number of aliphatic hydroxyl groups excluding tert-OH is 3. The number of phosphoric acid groups is 3. The lowest BCUT2D eigenvalue weighted by Gasteiger charge is -2.26. The van der Waals surface area contributed by atoms with Crippen molar-refractivity contribution in [1.29, 1.82) is 0 Å². The van der Waals surface area contributed by atoms with E-state index in [1.54, 1.807) is 0 Å². The van der Waals surface area contributed by atoms with Gasteiger partial charge in [-0.25, -0.2) is 42.6 Å². The third-order valence-corrected chi connectivity index (χ3v) is 19.6. The summed E-state index contributed by atoms with van der Waals surface area (Å²) in [6, 6.07) is 0.925. The van der Waals surface area contributed by atoms with Gasteiger partial charge in [-0.05, 0) is 11.4 Å². The van der Waals surface area contributed by atoms with Crippen LogP contribution in [0.3, 0.4) is 0 Å². The summed E-state index contributed by atoms with van der Waals surface area (Å²) in [6.07, 6.45) is -13.8. The standard InChI is InChI=1S/C35H49N13O24P4S/c1-44(2)19(50)7-14-17(69-31(22(14)51)48-13-45(3)21-29(48)42-34(37)43-30(21)54)10-77-76(62,63)72-75(60,61)71-74(58,59)66-9-16-25(26(64-4)33(68-16)47-12-40-20-27(36)38-11-39-28(20)47)70-73(56,57)65-8-15-23(52)24(53)32(67-15)46-6-5-18(49)41-35(46)55/h5-6,11-17,22-26,31-33,51-53H,7-10H2,1-4H3,(H9-,36,37,38,39,41,42,43,49,54,55,56,57,58,59,60,61,62,63)/p+1/t14-,15-,16-,17-,22-,23-,24-,25-,26-,31-,32-,33-/m1/s1. The molecule has 0 bridgehead atoms. The van der Waals surface area contributed by atoms with Crippen molar-refractivity contribution in [2.75, 3.05) is 51.6 Å². The molecule has 0 saturated carbocycles. The van der Waals surface area contributed by atoms with Crippen molar-refractivity contribution in [3.63, 3.8) is 0 Å². The van der Waals surface area contributed by atoms with Gasteiger partial charge in [0.1, 0.15) is 54.6 Å². The zero-order valence-corrected chi connectivity index (χ0v) is 44.5. The van der Waals surface area contributed by atoms with Crippen LogP contribution in [-0.2, 0) is 71.2 Å². The minimum absolute atomic E-state index is 0.00805. The van der Waals surface area contributed by atoms with Crippen LogP contribution in [0, 0.1) is 5.92 Å². The first-order chi connectivity index (χ1) is 36.0. The highest BCUT2D eigenvalue weighted by molar-refractivity contribution is 8.55. The molecular weight excluding hydrogens is 1140 g/mol. The average molecular weight is 1190 g/mol. The van der Waals surface area contributed by atoms with E-state index in [1.165, 1.54) is 46.1 Å². The van der Waals surface area contributed by atoms with Gasteiger partial charge in [-0.3, -0.25) is 51.6 Å². The summed E-state index contributed by atoms with van der Waals surface area (Å²) >= 11 is -0.0621. The Hall–Kier alpha value is -4.72. The number of phosphoric ester groups is 2. The van der Waals surface area contributed by atoms with E-state index in [4.69, 9.17) is 44.0 Å². The molecule has 0 aromatic carbocycles. The van der Waals surface area contributed by atoms with Crippen molar-refractivity contribution in [2.24, 2.45) is 13.0 Å². The second kappa shape index (κ2) is 22.4. The summed E-state index contributed by atoms with van der Waals surface area (Å²) in [5.41, 5.74) is 9.27. The molecular formula is C35H50N13O24P4S+. The number of rotatable bonds is 21. The summed E-state index contributed by atoms with van der Waals surface area (Å²) in [7, 11) is -12.1. The number of ether oxygens (including phenoxy) is 4. The first-order valence-corrected chi connectivity index (χ1v) is 29.7. The molecule has 0 radical (unpaired) electrons. The van der Waals surface area contributed by atoms with E-state index in [2.05, 4.69) is 33.5 Å². The molecule has 8 rings (SSSR count).